The summed E-state index contributed by atoms with van der Waals surface area (Å²) < 4.78 is 35.5. The third-order valence-corrected chi connectivity index (χ3v) is 2.59. The number of nitrogens with one attached hydrogen (secondary N) is 1. The average Bonchev–Trinajstić information content (AvgIpc) is 2.33. The predicted octanol–water partition coefficient (Wildman–Crippen LogP) is 1.76. The van der Waals surface area contributed by atoms with Crippen molar-refractivity contribution in [2.75, 3.05) is 12.3 Å². The van der Waals surface area contributed by atoms with Crippen LogP contribution in [0, 0.1) is 0 Å². The summed E-state index contributed by atoms with van der Waals surface area (Å²) in [5, 5.41) is 10.9. The monoisotopic (exact) mass is 294 g/mol. The van der Waals surface area contributed by atoms with E-state index < -0.39 is 17.4 Å². The van der Waals surface area contributed by atoms with Gasteiger partial charge in [0.1, 0.15) is 11.4 Å². The molecule has 0 unspecified atom stereocenters. The fourth-order valence-electron chi connectivity index (χ4n) is 1.10. The first kappa shape index (κ1) is 15.3. The minimum atomic E-state index is -4.34. The highest BCUT2D eigenvalue weighted by molar-refractivity contribution is 8.00. The Morgan fingerprint density at radius 3 is 2.53 bits per heavy atom. The van der Waals surface area contributed by atoms with Gasteiger partial charge in [0.2, 0.25) is 0 Å². The van der Waals surface area contributed by atoms with Crippen LogP contribution in [0.2, 0.25) is 0 Å². The number of carbonyl (C=O) groups is 2. The number of hydrogen-bond donors (Lipinski definition) is 2. The van der Waals surface area contributed by atoms with Gasteiger partial charge in [-0.25, -0.2) is 9.78 Å². The van der Waals surface area contributed by atoms with E-state index in [0.29, 0.717) is 0 Å². The number of aromatic nitrogens is 1. The van der Waals surface area contributed by atoms with E-state index in [2.05, 4.69) is 10.3 Å². The van der Waals surface area contributed by atoms with Crippen LogP contribution in [0.5, 0.6) is 0 Å². The van der Waals surface area contributed by atoms with Crippen LogP contribution in [0.25, 0.3) is 0 Å². The molecule has 1 amide bonds. The molecule has 1 rings (SSSR count). The van der Waals surface area contributed by atoms with Crippen molar-refractivity contribution in [2.45, 2.75) is 5.51 Å². The largest absolute Gasteiger partial charge is 0.477 e. The molecule has 1 aromatic rings. The van der Waals surface area contributed by atoms with Crippen molar-refractivity contribution < 1.29 is 27.9 Å². The third-order valence-electron chi connectivity index (χ3n) is 1.85. The number of aromatic carboxylic acids is 1. The van der Waals surface area contributed by atoms with Crippen LogP contribution in [0.3, 0.4) is 0 Å². The summed E-state index contributed by atoms with van der Waals surface area (Å²) in [5.41, 5.74) is -4.80. The highest BCUT2D eigenvalue weighted by atomic mass is 32.2. The Balaban J connectivity index is 2.50. The number of thioether (sulfide) groups is 1. The number of carbonyl (C=O) groups excluding carboxylic acids is 1. The Kier molecular flexibility index (Phi) is 5.16. The number of nitrogens with zero attached hydrogens (tertiary/aromatic N) is 1. The number of hydrogen-bond acceptors (Lipinski definition) is 4. The molecule has 5 nitrogen and oxygen atoms in total. The van der Waals surface area contributed by atoms with Crippen LogP contribution in [0.4, 0.5) is 13.2 Å². The summed E-state index contributed by atoms with van der Waals surface area (Å²) in [6.07, 6.45) is 0. The summed E-state index contributed by atoms with van der Waals surface area (Å²) in [6, 6.07) is 3.81. The van der Waals surface area contributed by atoms with Gasteiger partial charge in [-0.15, -0.1) is 0 Å². The van der Waals surface area contributed by atoms with Crippen LogP contribution >= 0.6 is 11.8 Å². The Labute approximate surface area is 110 Å². The third kappa shape index (κ3) is 5.60. The van der Waals surface area contributed by atoms with E-state index in [1.165, 1.54) is 18.2 Å². The molecule has 0 fully saturated rings. The zero-order chi connectivity index (χ0) is 14.5. The first-order valence-electron chi connectivity index (χ1n) is 4.99. The van der Waals surface area contributed by atoms with Crippen molar-refractivity contribution in [3.63, 3.8) is 0 Å². The van der Waals surface area contributed by atoms with Crippen molar-refractivity contribution in [2.24, 2.45) is 0 Å². The van der Waals surface area contributed by atoms with E-state index in [9.17, 15) is 22.8 Å². The van der Waals surface area contributed by atoms with E-state index in [1.807, 2.05) is 0 Å². The maximum absolute atomic E-state index is 11.8. The first-order chi connectivity index (χ1) is 8.79. The summed E-state index contributed by atoms with van der Waals surface area (Å²) in [6.45, 7) is -0.192. The minimum Gasteiger partial charge on any atom is -0.477 e. The highest BCUT2D eigenvalue weighted by Gasteiger charge is 2.27. The van der Waals surface area contributed by atoms with Crippen molar-refractivity contribution in [3.8, 4) is 0 Å². The lowest BCUT2D eigenvalue weighted by Gasteiger charge is -2.07. The SMILES string of the molecule is O=C(O)c1cccc(C(=O)NCCSC(F)(F)F)n1. The van der Waals surface area contributed by atoms with Crippen molar-refractivity contribution in [1.29, 1.82) is 0 Å². The van der Waals surface area contributed by atoms with Gasteiger partial charge in [-0.2, -0.15) is 13.2 Å². The number of rotatable bonds is 5. The maximum Gasteiger partial charge on any atom is 0.441 e. The summed E-state index contributed by atoms with van der Waals surface area (Å²) >= 11 is -0.250. The van der Waals surface area contributed by atoms with Crippen LogP contribution in [0.1, 0.15) is 21.0 Å². The molecule has 0 atom stereocenters. The van der Waals surface area contributed by atoms with Gasteiger partial charge in [-0.1, -0.05) is 6.07 Å². The minimum absolute atomic E-state index is 0.156. The van der Waals surface area contributed by atoms with Crippen LogP contribution in [-0.4, -0.2) is 39.8 Å². The smallest absolute Gasteiger partial charge is 0.441 e. The van der Waals surface area contributed by atoms with Gasteiger partial charge in [0, 0.05) is 12.3 Å². The molecule has 1 heterocycles. The second kappa shape index (κ2) is 6.41. The maximum atomic E-state index is 11.8. The number of carboxylic acid groups (broad SMARTS) is 1. The van der Waals surface area contributed by atoms with Crippen LogP contribution < -0.4 is 5.32 Å². The van der Waals surface area contributed by atoms with Gasteiger partial charge in [-0.05, 0) is 23.9 Å². The van der Waals surface area contributed by atoms with Gasteiger partial charge >= 0.3 is 11.5 Å². The number of pyridine rings is 1. The normalized spacial score (nSPS) is 11.1. The lowest BCUT2D eigenvalue weighted by molar-refractivity contribution is -0.0327. The molecule has 0 aliphatic rings. The second-order valence-corrected chi connectivity index (χ2v) is 4.42. The molecule has 9 heteroatoms. The van der Waals surface area contributed by atoms with Gasteiger partial charge in [0.05, 0.1) is 0 Å². The Hall–Kier alpha value is -1.77. The van der Waals surface area contributed by atoms with Gasteiger partial charge in [0.15, 0.2) is 0 Å². The molecule has 0 saturated heterocycles. The number of amides is 1. The molecule has 19 heavy (non-hydrogen) atoms. The van der Waals surface area contributed by atoms with Crippen molar-refractivity contribution in [1.82, 2.24) is 10.3 Å². The second-order valence-electron chi connectivity index (χ2n) is 3.26. The molecule has 0 aliphatic carbocycles. The van der Waals surface area contributed by atoms with E-state index >= 15 is 0 Å². The standard InChI is InChI=1S/C10H9F3N2O3S/c11-10(12,13)19-5-4-14-8(16)6-2-1-3-7(15-6)9(17)18/h1-3H,4-5H2,(H,14,16)(H,17,18). The van der Waals surface area contributed by atoms with Gasteiger partial charge in [-0.3, -0.25) is 4.79 Å². The van der Waals surface area contributed by atoms with E-state index in [0.717, 1.165) is 0 Å². The molecule has 0 radical (unpaired) electrons. The molecule has 104 valence electrons. The van der Waals surface area contributed by atoms with Crippen molar-refractivity contribution >= 4 is 23.6 Å². The fourth-order valence-corrected chi connectivity index (χ4v) is 1.54. The average molecular weight is 294 g/mol. The zero-order valence-corrected chi connectivity index (χ0v) is 10.2. The van der Waals surface area contributed by atoms with E-state index in [1.54, 1.807) is 0 Å². The number of alkyl halides is 3. The molecule has 1 aromatic heterocycles. The van der Waals surface area contributed by atoms with Crippen LogP contribution in [0.15, 0.2) is 18.2 Å². The summed E-state index contributed by atoms with van der Waals surface area (Å²) in [5.74, 6) is -2.33. The lowest BCUT2D eigenvalue weighted by Crippen LogP contribution is -2.27. The van der Waals surface area contributed by atoms with Crippen molar-refractivity contribution in [3.05, 3.63) is 29.6 Å². The number of carboxylic acids is 1. The van der Waals surface area contributed by atoms with E-state index in [4.69, 9.17) is 5.11 Å². The number of halogens is 3. The predicted molar refractivity (Wildman–Crippen MR) is 62.0 cm³/mol. The summed E-state index contributed by atoms with van der Waals surface area (Å²) in [4.78, 5) is 25.7. The molecular weight excluding hydrogens is 285 g/mol. The molecule has 2 N–H and O–H groups in total. The summed E-state index contributed by atoms with van der Waals surface area (Å²) in [7, 11) is 0. The lowest BCUT2D eigenvalue weighted by atomic mass is 10.3. The van der Waals surface area contributed by atoms with Gasteiger partial charge < -0.3 is 10.4 Å². The fraction of sp³-hybridized carbons (Fsp3) is 0.300. The van der Waals surface area contributed by atoms with E-state index in [-0.39, 0.29) is 35.4 Å². The highest BCUT2D eigenvalue weighted by Crippen LogP contribution is 2.29. The van der Waals surface area contributed by atoms with Crippen LogP contribution in [-0.2, 0) is 0 Å². The van der Waals surface area contributed by atoms with Gasteiger partial charge in [0.25, 0.3) is 5.91 Å². The Bertz CT molecular complexity index is 479. The molecule has 0 aliphatic heterocycles. The molecule has 0 bridgehead atoms. The molecule has 0 saturated carbocycles. The molecule has 0 aromatic carbocycles. The zero-order valence-electron chi connectivity index (χ0n) is 9.40. The molecular formula is C10H9F3N2O3S. The Morgan fingerprint density at radius 1 is 1.32 bits per heavy atom. The quantitative estimate of drug-likeness (QED) is 0.809. The topological polar surface area (TPSA) is 79.3 Å². The molecule has 0 spiro atoms. The Morgan fingerprint density at radius 2 is 1.95 bits per heavy atom. The first-order valence-corrected chi connectivity index (χ1v) is 5.97.